The fourth-order valence-corrected chi connectivity index (χ4v) is 3.74. The lowest BCUT2D eigenvalue weighted by Crippen LogP contribution is -2.49. The van der Waals surface area contributed by atoms with E-state index >= 15 is 0 Å². The maximum absolute atomic E-state index is 12.3. The number of esters is 1. The Hall–Kier alpha value is -3.01. The standard InChI is InChI=1S/C20H29N5O5/c1-28-18(26)17(21)10-13-2-4-15(5-3-13)29-12-16-11-25(20(27)30-16)14-6-8-24(9-7-14)19(22)23/h2-5,14,16-17H,6-12,21H2,1H3,(H3,22,23). The molecule has 10 heteroatoms. The van der Waals surface area contributed by atoms with Crippen molar-refractivity contribution >= 4 is 18.0 Å². The zero-order valence-corrected chi connectivity index (χ0v) is 17.1. The third kappa shape index (κ3) is 5.32. The van der Waals surface area contributed by atoms with Gasteiger partial charge in [-0.2, -0.15) is 0 Å². The highest BCUT2D eigenvalue weighted by atomic mass is 16.6. The highest BCUT2D eigenvalue weighted by Crippen LogP contribution is 2.23. The summed E-state index contributed by atoms with van der Waals surface area (Å²) in [5.41, 5.74) is 12.2. The first-order chi connectivity index (χ1) is 14.4. The second kappa shape index (κ2) is 9.66. The third-order valence-electron chi connectivity index (χ3n) is 5.47. The summed E-state index contributed by atoms with van der Waals surface area (Å²) >= 11 is 0. The van der Waals surface area contributed by atoms with Crippen LogP contribution in [0.5, 0.6) is 5.75 Å². The fourth-order valence-electron chi connectivity index (χ4n) is 3.74. The second-order valence-corrected chi connectivity index (χ2v) is 7.55. The van der Waals surface area contributed by atoms with Crippen LogP contribution in [0, 0.1) is 5.41 Å². The molecule has 1 aromatic carbocycles. The van der Waals surface area contributed by atoms with Crippen LogP contribution in [0.25, 0.3) is 0 Å². The Bertz CT molecular complexity index is 763. The van der Waals surface area contributed by atoms with E-state index in [-0.39, 0.29) is 30.8 Å². The number of nitrogens with one attached hydrogen (secondary N) is 1. The van der Waals surface area contributed by atoms with E-state index in [0.717, 1.165) is 18.4 Å². The average Bonchev–Trinajstić information content (AvgIpc) is 3.13. The zero-order valence-electron chi connectivity index (χ0n) is 17.1. The van der Waals surface area contributed by atoms with Crippen molar-refractivity contribution in [2.75, 3.05) is 33.4 Å². The molecule has 30 heavy (non-hydrogen) atoms. The Kier molecular flexibility index (Phi) is 6.99. The number of nitrogens with two attached hydrogens (primary N) is 2. The topological polar surface area (TPSA) is 144 Å². The summed E-state index contributed by atoms with van der Waals surface area (Å²) in [5.74, 6) is 0.270. The van der Waals surface area contributed by atoms with Crippen molar-refractivity contribution < 1.29 is 23.8 Å². The summed E-state index contributed by atoms with van der Waals surface area (Å²) in [5, 5.41) is 7.50. The van der Waals surface area contributed by atoms with Crippen LogP contribution in [0.1, 0.15) is 18.4 Å². The number of methoxy groups -OCH3 is 1. The molecule has 2 unspecified atom stereocenters. The summed E-state index contributed by atoms with van der Waals surface area (Å²) in [6.45, 7) is 2.07. The maximum Gasteiger partial charge on any atom is 0.410 e. The monoisotopic (exact) mass is 419 g/mol. The number of carbonyl (C=O) groups is 2. The van der Waals surface area contributed by atoms with Crippen molar-refractivity contribution in [1.29, 1.82) is 5.41 Å². The Morgan fingerprint density at radius 2 is 1.97 bits per heavy atom. The first-order valence-corrected chi connectivity index (χ1v) is 9.98. The van der Waals surface area contributed by atoms with Gasteiger partial charge in [-0.1, -0.05) is 12.1 Å². The van der Waals surface area contributed by atoms with Crippen LogP contribution in [0.3, 0.4) is 0 Å². The zero-order chi connectivity index (χ0) is 21.7. The Balaban J connectivity index is 1.45. The van der Waals surface area contributed by atoms with Crippen LogP contribution >= 0.6 is 0 Å². The number of carbonyl (C=O) groups excluding carboxylic acids is 2. The predicted molar refractivity (Wildman–Crippen MR) is 109 cm³/mol. The molecule has 10 nitrogen and oxygen atoms in total. The van der Waals surface area contributed by atoms with Crippen LogP contribution < -0.4 is 16.2 Å². The van der Waals surface area contributed by atoms with E-state index in [4.69, 9.17) is 26.4 Å². The maximum atomic E-state index is 12.3. The number of rotatable bonds is 7. The molecule has 1 aromatic rings. The molecule has 2 aliphatic heterocycles. The van der Waals surface area contributed by atoms with E-state index in [0.29, 0.717) is 31.8 Å². The number of hydrogen-bond donors (Lipinski definition) is 3. The molecule has 1 amide bonds. The molecular weight excluding hydrogens is 390 g/mol. The van der Waals surface area contributed by atoms with E-state index in [9.17, 15) is 9.59 Å². The number of amides is 1. The summed E-state index contributed by atoms with van der Waals surface area (Å²) < 4.78 is 15.9. The lowest BCUT2D eigenvalue weighted by Gasteiger charge is -2.35. The van der Waals surface area contributed by atoms with Crippen LogP contribution in [0.4, 0.5) is 4.79 Å². The van der Waals surface area contributed by atoms with E-state index in [1.54, 1.807) is 21.9 Å². The van der Waals surface area contributed by atoms with Gasteiger partial charge in [0.15, 0.2) is 12.1 Å². The Morgan fingerprint density at radius 3 is 2.57 bits per heavy atom. The molecule has 0 bridgehead atoms. The number of ether oxygens (including phenoxy) is 3. The molecule has 2 atom stereocenters. The SMILES string of the molecule is COC(=O)C(N)Cc1ccc(OCC2CN(C3CCN(C(=N)N)CC3)C(=O)O2)cc1. The molecule has 2 aliphatic rings. The van der Waals surface area contributed by atoms with Gasteiger partial charge in [-0.25, -0.2) is 4.79 Å². The fraction of sp³-hybridized carbons (Fsp3) is 0.550. The minimum absolute atomic E-state index is 0.0713. The van der Waals surface area contributed by atoms with Gasteiger partial charge in [0.2, 0.25) is 0 Å². The molecule has 0 aliphatic carbocycles. The van der Waals surface area contributed by atoms with Gasteiger partial charge in [-0.15, -0.1) is 0 Å². The van der Waals surface area contributed by atoms with Crippen molar-refractivity contribution in [2.45, 2.75) is 37.5 Å². The summed E-state index contributed by atoms with van der Waals surface area (Å²) in [6, 6.07) is 6.67. The predicted octanol–water partition coefficient (Wildman–Crippen LogP) is 0.287. The molecule has 3 rings (SSSR count). The highest BCUT2D eigenvalue weighted by molar-refractivity contribution is 5.76. The average molecular weight is 419 g/mol. The Labute approximate surface area is 175 Å². The van der Waals surface area contributed by atoms with Crippen LogP contribution in [0.15, 0.2) is 24.3 Å². The molecular formula is C20H29N5O5. The second-order valence-electron chi connectivity index (χ2n) is 7.55. The van der Waals surface area contributed by atoms with Gasteiger partial charge in [0, 0.05) is 19.1 Å². The quantitative estimate of drug-likeness (QED) is 0.325. The number of benzene rings is 1. The van der Waals surface area contributed by atoms with E-state index in [1.807, 2.05) is 12.1 Å². The van der Waals surface area contributed by atoms with Crippen molar-refractivity contribution in [3.05, 3.63) is 29.8 Å². The molecule has 2 heterocycles. The summed E-state index contributed by atoms with van der Waals surface area (Å²) in [7, 11) is 1.31. The van der Waals surface area contributed by atoms with E-state index in [1.165, 1.54) is 7.11 Å². The van der Waals surface area contributed by atoms with Gasteiger partial charge in [0.05, 0.1) is 13.7 Å². The smallest absolute Gasteiger partial charge is 0.410 e. The number of likely N-dealkylation sites (tertiary alicyclic amines) is 1. The minimum atomic E-state index is -0.701. The number of hydrogen-bond acceptors (Lipinski definition) is 7. The number of nitrogens with zero attached hydrogens (tertiary/aromatic N) is 2. The summed E-state index contributed by atoms with van der Waals surface area (Å²) in [4.78, 5) is 27.2. The van der Waals surface area contributed by atoms with Crippen molar-refractivity contribution in [3.63, 3.8) is 0 Å². The molecule has 5 N–H and O–H groups in total. The number of guanidine groups is 1. The van der Waals surface area contributed by atoms with Crippen LogP contribution in [0.2, 0.25) is 0 Å². The number of piperidine rings is 1. The molecule has 0 radical (unpaired) electrons. The normalized spacial score (nSPS) is 20.6. The van der Waals surface area contributed by atoms with Gasteiger partial charge < -0.3 is 35.5 Å². The molecule has 0 aromatic heterocycles. The molecule has 0 saturated carbocycles. The first-order valence-electron chi connectivity index (χ1n) is 9.98. The van der Waals surface area contributed by atoms with E-state index < -0.39 is 12.0 Å². The summed E-state index contributed by atoms with van der Waals surface area (Å²) in [6.07, 6.45) is 1.24. The van der Waals surface area contributed by atoms with E-state index in [2.05, 4.69) is 4.74 Å². The Morgan fingerprint density at radius 1 is 1.30 bits per heavy atom. The minimum Gasteiger partial charge on any atom is -0.490 e. The van der Waals surface area contributed by atoms with Crippen LogP contribution in [-0.4, -0.2) is 79.4 Å². The first kappa shape index (κ1) is 21.7. The molecule has 2 saturated heterocycles. The lowest BCUT2D eigenvalue weighted by atomic mass is 10.0. The van der Waals surface area contributed by atoms with Gasteiger partial charge in [0.25, 0.3) is 0 Å². The van der Waals surface area contributed by atoms with Crippen molar-refractivity contribution in [2.24, 2.45) is 11.5 Å². The molecule has 164 valence electrons. The molecule has 2 fully saturated rings. The van der Waals surface area contributed by atoms with Gasteiger partial charge in [0.1, 0.15) is 18.4 Å². The highest BCUT2D eigenvalue weighted by Gasteiger charge is 2.37. The van der Waals surface area contributed by atoms with Gasteiger partial charge in [-0.3, -0.25) is 10.2 Å². The van der Waals surface area contributed by atoms with Gasteiger partial charge >= 0.3 is 12.1 Å². The van der Waals surface area contributed by atoms with Crippen molar-refractivity contribution in [1.82, 2.24) is 9.80 Å². The van der Waals surface area contributed by atoms with Crippen molar-refractivity contribution in [3.8, 4) is 5.75 Å². The van der Waals surface area contributed by atoms with Crippen LogP contribution in [-0.2, 0) is 20.7 Å². The largest absolute Gasteiger partial charge is 0.490 e. The van der Waals surface area contributed by atoms with Gasteiger partial charge in [-0.05, 0) is 37.0 Å². The molecule has 0 spiro atoms. The lowest BCUT2D eigenvalue weighted by molar-refractivity contribution is -0.142. The third-order valence-corrected chi connectivity index (χ3v) is 5.47. The number of cyclic esters (lactones) is 1.